The van der Waals surface area contributed by atoms with E-state index in [0.717, 1.165) is 21.9 Å². The third kappa shape index (κ3) is 2.96. The Balaban J connectivity index is 1.76. The predicted molar refractivity (Wildman–Crippen MR) is 107 cm³/mol. The van der Waals surface area contributed by atoms with Crippen LogP contribution >= 0.6 is 0 Å². The van der Waals surface area contributed by atoms with E-state index in [1.54, 1.807) is 12.1 Å². The van der Waals surface area contributed by atoms with E-state index in [4.69, 9.17) is 0 Å². The molecule has 0 saturated carbocycles. The van der Waals surface area contributed by atoms with Crippen LogP contribution < -0.4 is 5.32 Å². The topological polar surface area (TPSA) is 86.6 Å². The average Bonchev–Trinajstić information content (AvgIpc) is 2.72. The maximum atomic E-state index is 13.0. The van der Waals surface area contributed by atoms with Crippen LogP contribution in [0.1, 0.15) is 22.6 Å². The largest absolute Gasteiger partial charge is 0.479 e. The van der Waals surface area contributed by atoms with Crippen molar-refractivity contribution in [3.63, 3.8) is 0 Å². The molecule has 0 bridgehead atoms. The lowest BCUT2D eigenvalue weighted by molar-refractivity contribution is -0.158. The number of carboxylic acids is 1. The lowest BCUT2D eigenvalue weighted by atomic mass is 9.74. The lowest BCUT2D eigenvalue weighted by Gasteiger charge is -2.33. The zero-order valence-corrected chi connectivity index (χ0v) is 15.0. The molecule has 1 amide bonds. The second-order valence-electron chi connectivity index (χ2n) is 6.89. The number of aliphatic carboxylic acids is 1. The minimum atomic E-state index is -2.31. The molecule has 0 radical (unpaired) electrons. The maximum Gasteiger partial charge on any atom is 0.340 e. The molecular formula is C23H19NO4. The number of carbonyl (C=O) groups is 2. The first-order chi connectivity index (χ1) is 13.5. The van der Waals surface area contributed by atoms with E-state index in [0.29, 0.717) is 5.56 Å². The Morgan fingerprint density at radius 3 is 2.43 bits per heavy atom. The summed E-state index contributed by atoms with van der Waals surface area (Å²) in [6.45, 7) is 0.249. The van der Waals surface area contributed by atoms with E-state index in [2.05, 4.69) is 5.32 Å². The highest BCUT2D eigenvalue weighted by molar-refractivity contribution is 6.01. The van der Waals surface area contributed by atoms with E-state index in [-0.39, 0.29) is 6.54 Å². The molecule has 0 aliphatic heterocycles. The summed E-state index contributed by atoms with van der Waals surface area (Å²) in [5, 5.41) is 25.2. The Hall–Kier alpha value is -3.44. The zero-order valence-electron chi connectivity index (χ0n) is 15.0. The second-order valence-corrected chi connectivity index (χ2v) is 6.89. The fraction of sp³-hybridized carbons (Fsp3) is 0.130. The van der Waals surface area contributed by atoms with E-state index >= 15 is 0 Å². The molecule has 5 heteroatoms. The van der Waals surface area contributed by atoms with Crippen molar-refractivity contribution in [3.8, 4) is 0 Å². The Labute approximate surface area is 161 Å². The average molecular weight is 373 g/mol. The molecule has 1 aliphatic rings. The Kier molecular flexibility index (Phi) is 4.45. The molecule has 2 atom stereocenters. The van der Waals surface area contributed by atoms with Crippen LogP contribution in [0.25, 0.3) is 16.8 Å². The number of benzene rings is 3. The molecule has 3 N–H and O–H groups in total. The molecule has 140 valence electrons. The molecule has 3 aromatic carbocycles. The molecule has 0 spiro atoms. The summed E-state index contributed by atoms with van der Waals surface area (Å²) in [6, 6.07) is 20.6. The number of carboxylic acid groups (broad SMARTS) is 1. The minimum Gasteiger partial charge on any atom is -0.479 e. The monoisotopic (exact) mass is 373 g/mol. The summed E-state index contributed by atoms with van der Waals surface area (Å²) in [5.74, 6) is -3.24. The van der Waals surface area contributed by atoms with Gasteiger partial charge >= 0.3 is 5.97 Å². The first-order valence-electron chi connectivity index (χ1n) is 8.99. The van der Waals surface area contributed by atoms with Gasteiger partial charge in [0.05, 0.1) is 0 Å². The van der Waals surface area contributed by atoms with Gasteiger partial charge in [-0.2, -0.15) is 0 Å². The standard InChI is InChI=1S/C23H19NO4/c25-21(24-14-15-6-2-1-3-7-15)20-19-11-10-16-8-4-5-9-17(16)18(19)12-13-23(20,28)22(26)27/h1-13,20,28H,14H2,(H,24,25)(H,26,27). The molecule has 0 saturated heterocycles. The van der Waals surface area contributed by atoms with Gasteiger partial charge in [0.15, 0.2) is 5.60 Å². The van der Waals surface area contributed by atoms with E-state index < -0.39 is 23.4 Å². The van der Waals surface area contributed by atoms with Crippen LogP contribution in [0.2, 0.25) is 0 Å². The Bertz CT molecular complexity index is 1090. The summed E-state index contributed by atoms with van der Waals surface area (Å²) >= 11 is 0. The number of nitrogens with one attached hydrogen (secondary N) is 1. The molecule has 28 heavy (non-hydrogen) atoms. The molecule has 3 aromatic rings. The second kappa shape index (κ2) is 6.94. The predicted octanol–water partition coefficient (Wildman–Crippen LogP) is 3.08. The first kappa shape index (κ1) is 17.9. The van der Waals surface area contributed by atoms with Crippen molar-refractivity contribution < 1.29 is 19.8 Å². The lowest BCUT2D eigenvalue weighted by Crippen LogP contribution is -2.50. The van der Waals surface area contributed by atoms with Crippen LogP contribution in [0.5, 0.6) is 0 Å². The van der Waals surface area contributed by atoms with Crippen molar-refractivity contribution in [1.82, 2.24) is 5.32 Å². The van der Waals surface area contributed by atoms with Gasteiger partial charge in [-0.15, -0.1) is 0 Å². The van der Waals surface area contributed by atoms with Crippen LogP contribution in [0.3, 0.4) is 0 Å². The molecule has 0 heterocycles. The van der Waals surface area contributed by atoms with Crippen molar-refractivity contribution in [1.29, 1.82) is 0 Å². The third-order valence-corrected chi connectivity index (χ3v) is 5.17. The zero-order chi connectivity index (χ0) is 19.7. The number of hydrogen-bond acceptors (Lipinski definition) is 3. The molecule has 5 nitrogen and oxygen atoms in total. The van der Waals surface area contributed by atoms with Gasteiger partial charge in [0, 0.05) is 6.54 Å². The maximum absolute atomic E-state index is 13.0. The Morgan fingerprint density at radius 1 is 0.964 bits per heavy atom. The molecule has 4 rings (SSSR count). The fourth-order valence-corrected chi connectivity index (χ4v) is 3.72. The van der Waals surface area contributed by atoms with Crippen molar-refractivity contribution in [2.75, 3.05) is 0 Å². The van der Waals surface area contributed by atoms with Crippen LogP contribution in [0.15, 0.2) is 72.8 Å². The molecule has 0 aromatic heterocycles. The highest BCUT2D eigenvalue weighted by Gasteiger charge is 2.49. The van der Waals surface area contributed by atoms with Crippen LogP contribution in [0.4, 0.5) is 0 Å². The van der Waals surface area contributed by atoms with E-state index in [9.17, 15) is 19.8 Å². The smallest absolute Gasteiger partial charge is 0.340 e. The SMILES string of the molecule is O=C(NCc1ccccc1)C1c2ccc3ccccc3c2C=CC1(O)C(=O)O. The number of hydrogen-bond donors (Lipinski definition) is 3. The number of aliphatic hydroxyl groups is 1. The number of amides is 1. The summed E-state index contributed by atoms with van der Waals surface area (Å²) < 4.78 is 0. The molecular weight excluding hydrogens is 354 g/mol. The number of rotatable bonds is 4. The third-order valence-electron chi connectivity index (χ3n) is 5.17. The number of carbonyl (C=O) groups excluding carboxylic acids is 1. The molecule has 1 aliphatic carbocycles. The normalized spacial score (nSPS) is 20.5. The Morgan fingerprint density at radius 2 is 1.68 bits per heavy atom. The minimum absolute atomic E-state index is 0.249. The van der Waals surface area contributed by atoms with Gasteiger partial charge in [-0.1, -0.05) is 72.8 Å². The summed E-state index contributed by atoms with van der Waals surface area (Å²) in [7, 11) is 0. The van der Waals surface area contributed by atoms with Crippen molar-refractivity contribution in [3.05, 3.63) is 89.5 Å². The first-order valence-corrected chi connectivity index (χ1v) is 8.99. The van der Waals surface area contributed by atoms with Crippen molar-refractivity contribution in [2.24, 2.45) is 0 Å². The van der Waals surface area contributed by atoms with Crippen LogP contribution in [0, 0.1) is 0 Å². The van der Waals surface area contributed by atoms with Crippen molar-refractivity contribution in [2.45, 2.75) is 18.1 Å². The van der Waals surface area contributed by atoms with Gasteiger partial charge in [0.2, 0.25) is 5.91 Å². The van der Waals surface area contributed by atoms with E-state index in [1.807, 2.05) is 60.7 Å². The van der Waals surface area contributed by atoms with Gasteiger partial charge in [-0.3, -0.25) is 4.79 Å². The van der Waals surface area contributed by atoms with Gasteiger partial charge < -0.3 is 15.5 Å². The molecule has 2 unspecified atom stereocenters. The van der Waals surface area contributed by atoms with Crippen molar-refractivity contribution >= 4 is 28.7 Å². The highest BCUT2D eigenvalue weighted by atomic mass is 16.4. The summed E-state index contributed by atoms with van der Waals surface area (Å²) in [6.07, 6.45) is 2.80. The highest BCUT2D eigenvalue weighted by Crippen LogP contribution is 2.40. The quantitative estimate of drug-likeness (QED) is 0.656. The fourth-order valence-electron chi connectivity index (χ4n) is 3.72. The summed E-state index contributed by atoms with van der Waals surface area (Å²) in [4.78, 5) is 24.9. The van der Waals surface area contributed by atoms with Crippen LogP contribution in [-0.4, -0.2) is 27.7 Å². The van der Waals surface area contributed by atoms with Crippen LogP contribution in [-0.2, 0) is 16.1 Å². The van der Waals surface area contributed by atoms with Gasteiger partial charge in [-0.25, -0.2) is 4.79 Å². The molecule has 0 fully saturated rings. The van der Waals surface area contributed by atoms with Gasteiger partial charge in [0.25, 0.3) is 0 Å². The van der Waals surface area contributed by atoms with E-state index in [1.165, 1.54) is 6.08 Å². The van der Waals surface area contributed by atoms with Gasteiger partial charge in [0.1, 0.15) is 5.92 Å². The van der Waals surface area contributed by atoms with Gasteiger partial charge in [-0.05, 0) is 33.5 Å². The number of fused-ring (bicyclic) bond motifs is 3. The summed E-state index contributed by atoms with van der Waals surface area (Å²) in [5.41, 5.74) is -0.170.